The van der Waals surface area contributed by atoms with Crippen molar-refractivity contribution in [1.29, 1.82) is 0 Å². The summed E-state index contributed by atoms with van der Waals surface area (Å²) >= 11 is 0. The van der Waals surface area contributed by atoms with Gasteiger partial charge in [-0.2, -0.15) is 0 Å². The molecule has 0 aromatic heterocycles. The van der Waals surface area contributed by atoms with E-state index in [1.165, 1.54) is 0 Å². The SMILES string of the molecule is COc1ccc(OCCNC(=O)CCN(CC(=O)Nc2c(C)cccc2C)C2CC2)cc1. The number of methoxy groups -OCH3 is 1. The Morgan fingerprint density at radius 1 is 1.00 bits per heavy atom. The zero-order chi connectivity index (χ0) is 22.9. The van der Waals surface area contributed by atoms with Crippen LogP contribution >= 0.6 is 0 Å². The molecular formula is C25H33N3O4. The van der Waals surface area contributed by atoms with E-state index in [4.69, 9.17) is 9.47 Å². The summed E-state index contributed by atoms with van der Waals surface area (Å²) in [5, 5.41) is 5.92. The van der Waals surface area contributed by atoms with Gasteiger partial charge in [0, 0.05) is 24.7 Å². The Hall–Kier alpha value is -3.06. The summed E-state index contributed by atoms with van der Waals surface area (Å²) in [5.74, 6) is 1.43. The standard InChI is InChI=1S/C25H33N3O4/c1-18-5-4-6-19(2)25(18)27-24(30)17-28(20-7-8-20)15-13-23(29)26-14-16-32-22-11-9-21(31-3)10-12-22/h4-6,9-12,20H,7-8,13-17H2,1-3H3,(H,26,29)(H,27,30). The number of hydrogen-bond acceptors (Lipinski definition) is 5. The maximum atomic E-state index is 12.6. The van der Waals surface area contributed by atoms with Crippen LogP contribution in [-0.4, -0.2) is 56.1 Å². The second-order valence-electron chi connectivity index (χ2n) is 8.14. The highest BCUT2D eigenvalue weighted by atomic mass is 16.5. The molecule has 0 bridgehead atoms. The van der Waals surface area contributed by atoms with Gasteiger partial charge >= 0.3 is 0 Å². The lowest BCUT2D eigenvalue weighted by Crippen LogP contribution is -2.38. The van der Waals surface area contributed by atoms with Gasteiger partial charge in [0.25, 0.3) is 0 Å². The summed E-state index contributed by atoms with van der Waals surface area (Å²) in [6.07, 6.45) is 2.51. The number of rotatable bonds is 12. The molecule has 3 rings (SSSR count). The molecule has 172 valence electrons. The smallest absolute Gasteiger partial charge is 0.238 e. The maximum absolute atomic E-state index is 12.6. The number of nitrogens with zero attached hydrogens (tertiary/aromatic N) is 1. The van der Waals surface area contributed by atoms with Gasteiger partial charge in [0.1, 0.15) is 18.1 Å². The zero-order valence-electron chi connectivity index (χ0n) is 19.1. The number of benzene rings is 2. The van der Waals surface area contributed by atoms with Crippen LogP contribution in [-0.2, 0) is 9.59 Å². The van der Waals surface area contributed by atoms with Gasteiger partial charge < -0.3 is 20.1 Å². The van der Waals surface area contributed by atoms with Crippen LogP contribution in [0.1, 0.15) is 30.4 Å². The minimum atomic E-state index is -0.0393. The van der Waals surface area contributed by atoms with Crippen LogP contribution in [0.3, 0.4) is 0 Å². The third-order valence-corrected chi connectivity index (χ3v) is 5.53. The molecule has 1 fully saturated rings. The van der Waals surface area contributed by atoms with Crippen molar-refractivity contribution in [2.75, 3.05) is 38.7 Å². The van der Waals surface area contributed by atoms with Crippen molar-refractivity contribution in [1.82, 2.24) is 10.2 Å². The van der Waals surface area contributed by atoms with Crippen molar-refractivity contribution < 1.29 is 19.1 Å². The summed E-state index contributed by atoms with van der Waals surface area (Å²) < 4.78 is 10.7. The zero-order valence-corrected chi connectivity index (χ0v) is 19.1. The van der Waals surface area contributed by atoms with Crippen LogP contribution in [0.5, 0.6) is 11.5 Å². The number of para-hydroxylation sites is 1. The summed E-state index contributed by atoms with van der Waals surface area (Å²) in [7, 11) is 1.62. The number of ether oxygens (including phenoxy) is 2. The molecule has 0 unspecified atom stereocenters. The molecule has 7 nitrogen and oxygen atoms in total. The van der Waals surface area contributed by atoms with E-state index in [1.54, 1.807) is 7.11 Å². The van der Waals surface area contributed by atoms with E-state index < -0.39 is 0 Å². The van der Waals surface area contributed by atoms with Crippen LogP contribution in [0.25, 0.3) is 0 Å². The lowest BCUT2D eigenvalue weighted by atomic mass is 10.1. The quantitative estimate of drug-likeness (QED) is 0.496. The Bertz CT molecular complexity index is 890. The molecule has 0 radical (unpaired) electrons. The minimum absolute atomic E-state index is 0.0378. The summed E-state index contributed by atoms with van der Waals surface area (Å²) in [4.78, 5) is 27.0. The first-order valence-electron chi connectivity index (χ1n) is 11.1. The Morgan fingerprint density at radius 3 is 2.28 bits per heavy atom. The molecule has 2 N–H and O–H groups in total. The second-order valence-corrected chi connectivity index (χ2v) is 8.14. The van der Waals surface area contributed by atoms with Crippen molar-refractivity contribution in [3.05, 3.63) is 53.6 Å². The Balaban J connectivity index is 1.37. The number of carbonyl (C=O) groups is 2. The summed E-state index contributed by atoms with van der Waals surface area (Å²) in [6.45, 7) is 5.67. The molecular weight excluding hydrogens is 406 g/mol. The van der Waals surface area contributed by atoms with Crippen molar-refractivity contribution in [3.63, 3.8) is 0 Å². The van der Waals surface area contributed by atoms with E-state index in [2.05, 4.69) is 15.5 Å². The van der Waals surface area contributed by atoms with Crippen LogP contribution in [0.2, 0.25) is 0 Å². The molecule has 0 saturated heterocycles. The normalized spacial score (nSPS) is 13.0. The largest absolute Gasteiger partial charge is 0.497 e. The van der Waals surface area contributed by atoms with Gasteiger partial charge in [-0.1, -0.05) is 18.2 Å². The monoisotopic (exact) mass is 439 g/mol. The number of nitrogens with one attached hydrogen (secondary N) is 2. The number of anilines is 1. The third-order valence-electron chi connectivity index (χ3n) is 5.53. The minimum Gasteiger partial charge on any atom is -0.497 e. The van der Waals surface area contributed by atoms with E-state index in [1.807, 2.05) is 56.3 Å². The van der Waals surface area contributed by atoms with Crippen molar-refractivity contribution in [3.8, 4) is 11.5 Å². The predicted molar refractivity (Wildman–Crippen MR) is 125 cm³/mol. The number of aryl methyl sites for hydroxylation is 2. The topological polar surface area (TPSA) is 79.9 Å². The van der Waals surface area contributed by atoms with Crippen LogP contribution < -0.4 is 20.1 Å². The predicted octanol–water partition coefficient (Wildman–Crippen LogP) is 3.30. The average Bonchev–Trinajstić information content (AvgIpc) is 3.62. The first-order valence-corrected chi connectivity index (χ1v) is 11.1. The van der Waals surface area contributed by atoms with Crippen LogP contribution in [0.4, 0.5) is 5.69 Å². The number of carbonyl (C=O) groups excluding carboxylic acids is 2. The van der Waals surface area contributed by atoms with E-state index in [0.717, 1.165) is 41.2 Å². The molecule has 2 aromatic rings. The van der Waals surface area contributed by atoms with Gasteiger partial charge in [-0.3, -0.25) is 14.5 Å². The van der Waals surface area contributed by atoms with Crippen molar-refractivity contribution in [2.24, 2.45) is 0 Å². The highest BCUT2D eigenvalue weighted by Crippen LogP contribution is 2.27. The Labute approximate surface area is 190 Å². The molecule has 1 aliphatic rings. The van der Waals surface area contributed by atoms with Crippen molar-refractivity contribution >= 4 is 17.5 Å². The first-order chi connectivity index (χ1) is 15.5. The fourth-order valence-corrected chi connectivity index (χ4v) is 3.57. The van der Waals surface area contributed by atoms with E-state index in [0.29, 0.717) is 38.7 Å². The average molecular weight is 440 g/mol. The van der Waals surface area contributed by atoms with Gasteiger partial charge in [0.15, 0.2) is 0 Å². The molecule has 1 aliphatic carbocycles. The molecule has 0 heterocycles. The van der Waals surface area contributed by atoms with E-state index in [-0.39, 0.29) is 11.8 Å². The molecule has 1 saturated carbocycles. The van der Waals surface area contributed by atoms with E-state index >= 15 is 0 Å². The number of hydrogen-bond donors (Lipinski definition) is 2. The Kier molecular flexibility index (Phi) is 8.50. The lowest BCUT2D eigenvalue weighted by Gasteiger charge is -2.22. The van der Waals surface area contributed by atoms with Gasteiger partial charge in [0.05, 0.1) is 20.2 Å². The molecule has 7 heteroatoms. The fraction of sp³-hybridized carbons (Fsp3) is 0.440. The highest BCUT2D eigenvalue weighted by molar-refractivity contribution is 5.93. The van der Waals surface area contributed by atoms with Gasteiger partial charge in [-0.25, -0.2) is 0 Å². The summed E-state index contributed by atoms with van der Waals surface area (Å²) in [5.41, 5.74) is 2.97. The fourth-order valence-electron chi connectivity index (χ4n) is 3.57. The van der Waals surface area contributed by atoms with Gasteiger partial charge in [0.2, 0.25) is 11.8 Å². The van der Waals surface area contributed by atoms with Crippen LogP contribution in [0, 0.1) is 13.8 Å². The molecule has 2 aromatic carbocycles. The molecule has 0 aliphatic heterocycles. The van der Waals surface area contributed by atoms with Crippen molar-refractivity contribution in [2.45, 2.75) is 39.2 Å². The molecule has 0 spiro atoms. The van der Waals surface area contributed by atoms with E-state index in [9.17, 15) is 9.59 Å². The van der Waals surface area contributed by atoms with Gasteiger partial charge in [-0.05, 0) is 62.1 Å². The molecule has 0 atom stereocenters. The highest BCUT2D eigenvalue weighted by Gasteiger charge is 2.30. The summed E-state index contributed by atoms with van der Waals surface area (Å²) in [6, 6.07) is 13.7. The van der Waals surface area contributed by atoms with Crippen LogP contribution in [0.15, 0.2) is 42.5 Å². The first kappa shape index (κ1) is 23.6. The van der Waals surface area contributed by atoms with Gasteiger partial charge in [-0.15, -0.1) is 0 Å². The molecule has 32 heavy (non-hydrogen) atoms. The molecule has 2 amide bonds. The lowest BCUT2D eigenvalue weighted by molar-refractivity contribution is -0.122. The Morgan fingerprint density at radius 2 is 1.66 bits per heavy atom. The number of amides is 2. The maximum Gasteiger partial charge on any atom is 0.238 e. The second kappa shape index (κ2) is 11.5. The third kappa shape index (κ3) is 7.27.